The van der Waals surface area contributed by atoms with Gasteiger partial charge in [-0.1, -0.05) is 122 Å². The molecule has 0 saturated carbocycles. The Balaban J connectivity index is 2.01. The van der Waals surface area contributed by atoms with Crippen molar-refractivity contribution in [1.29, 1.82) is 0 Å². The van der Waals surface area contributed by atoms with Gasteiger partial charge in [0.25, 0.3) is 8.32 Å². The molecule has 240 valence electrons. The molecule has 0 bridgehead atoms. The number of benzene rings is 2. The molecule has 1 aliphatic heterocycles. The molecule has 3 rings (SSSR count). The van der Waals surface area contributed by atoms with E-state index in [1.54, 1.807) is 7.11 Å². The van der Waals surface area contributed by atoms with Crippen molar-refractivity contribution >= 4 is 27.0 Å². The van der Waals surface area contributed by atoms with Crippen LogP contribution in [0.5, 0.6) is 0 Å². The van der Waals surface area contributed by atoms with Crippen LogP contribution in [0.4, 0.5) is 0 Å². The van der Waals surface area contributed by atoms with Gasteiger partial charge >= 0.3 is 0 Å². The average Bonchev–Trinajstić information content (AvgIpc) is 3.74. The summed E-state index contributed by atoms with van der Waals surface area (Å²) in [6, 6.07) is 21.7. The monoisotopic (exact) mass is 626 g/mol. The Morgan fingerprint density at radius 1 is 0.907 bits per heavy atom. The van der Waals surface area contributed by atoms with E-state index in [-0.39, 0.29) is 52.9 Å². The van der Waals surface area contributed by atoms with Crippen LogP contribution in [0.15, 0.2) is 72.3 Å². The van der Waals surface area contributed by atoms with Gasteiger partial charge in [0.2, 0.25) is 0 Å². The van der Waals surface area contributed by atoms with Crippen molar-refractivity contribution in [3.8, 4) is 0 Å². The first-order valence-corrected chi connectivity index (χ1v) is 20.7. The molecule has 2 aromatic carbocycles. The van der Waals surface area contributed by atoms with E-state index in [0.717, 1.165) is 5.57 Å². The van der Waals surface area contributed by atoms with Crippen molar-refractivity contribution in [2.24, 2.45) is 11.8 Å². The fourth-order valence-electron chi connectivity index (χ4n) is 6.03. The van der Waals surface area contributed by atoms with Crippen molar-refractivity contribution in [3.63, 3.8) is 0 Å². The van der Waals surface area contributed by atoms with Crippen molar-refractivity contribution in [3.05, 3.63) is 72.3 Å². The molecule has 5 nitrogen and oxygen atoms in total. The second-order valence-electron chi connectivity index (χ2n) is 15.0. The molecule has 1 N–H and O–H groups in total. The summed E-state index contributed by atoms with van der Waals surface area (Å²) >= 11 is 0. The Morgan fingerprint density at radius 2 is 1.42 bits per heavy atom. The minimum absolute atomic E-state index is 0.0366. The molecule has 43 heavy (non-hydrogen) atoms. The standard InChI is InChI=1S/C36H58O5Si2/c1-26(34-32(24-37)40-34)23-31(38-10)28(3)33(41-42(11,12)35(4,5)6)27(2)25-39-43(36(7,8)9,29-19-15-13-16-20-29)30-21-17-14-18-22-30/h13-23,27-28,31-34,37H,24-25H2,1-12H3/b26-23+/t27-,28-,31-,32+,33-,34+/m1/s1. The second kappa shape index (κ2) is 14.2. The predicted molar refractivity (Wildman–Crippen MR) is 184 cm³/mol. The highest BCUT2D eigenvalue weighted by Crippen LogP contribution is 2.41. The lowest BCUT2D eigenvalue weighted by molar-refractivity contribution is -0.0104. The van der Waals surface area contributed by atoms with Crippen LogP contribution in [0.25, 0.3) is 0 Å². The average molecular weight is 627 g/mol. The van der Waals surface area contributed by atoms with E-state index in [1.807, 2.05) is 0 Å². The van der Waals surface area contributed by atoms with E-state index in [9.17, 15) is 5.11 Å². The minimum atomic E-state index is -2.70. The van der Waals surface area contributed by atoms with E-state index < -0.39 is 16.6 Å². The minimum Gasteiger partial charge on any atom is -0.413 e. The van der Waals surface area contributed by atoms with Gasteiger partial charge in [-0.15, -0.1) is 0 Å². The number of rotatable bonds is 14. The van der Waals surface area contributed by atoms with Gasteiger partial charge in [-0.2, -0.15) is 0 Å². The highest BCUT2D eigenvalue weighted by Gasteiger charge is 2.51. The van der Waals surface area contributed by atoms with Gasteiger partial charge in [0.15, 0.2) is 8.32 Å². The number of methoxy groups -OCH3 is 1. The summed E-state index contributed by atoms with van der Waals surface area (Å²) in [4.78, 5) is 0. The molecule has 0 unspecified atom stereocenters. The highest BCUT2D eigenvalue weighted by molar-refractivity contribution is 6.99. The Bertz CT molecular complexity index is 1130. The highest BCUT2D eigenvalue weighted by atomic mass is 28.4. The van der Waals surface area contributed by atoms with E-state index >= 15 is 0 Å². The van der Waals surface area contributed by atoms with Crippen molar-refractivity contribution < 1.29 is 23.4 Å². The first-order chi connectivity index (χ1) is 20.0. The van der Waals surface area contributed by atoms with E-state index in [2.05, 4.69) is 142 Å². The van der Waals surface area contributed by atoms with Crippen LogP contribution in [-0.4, -0.2) is 66.5 Å². The maximum Gasteiger partial charge on any atom is 0.261 e. The Kier molecular flexibility index (Phi) is 11.9. The number of hydrogen-bond acceptors (Lipinski definition) is 5. The third-order valence-corrected chi connectivity index (χ3v) is 19.2. The maximum atomic E-state index is 9.53. The quantitative estimate of drug-likeness (QED) is 0.140. The van der Waals surface area contributed by atoms with Crippen molar-refractivity contribution in [1.82, 2.24) is 0 Å². The molecular weight excluding hydrogens is 569 g/mol. The molecule has 0 spiro atoms. The lowest BCUT2D eigenvalue weighted by Crippen LogP contribution is -2.67. The summed E-state index contributed by atoms with van der Waals surface area (Å²) in [6.45, 7) is 25.7. The SMILES string of the molecule is CO[C@H](/C=C(\C)[C@@H]1O[C@H]1CO)[C@@H](C)[C@H](O[Si](C)(C)C(C)(C)C)[C@H](C)CO[Si](c1ccccc1)(c1ccccc1)C(C)(C)C. The molecule has 2 aromatic rings. The molecule has 6 atom stereocenters. The predicted octanol–water partition coefficient (Wildman–Crippen LogP) is 6.95. The normalized spacial score (nSPS) is 21.3. The Hall–Kier alpha value is -1.59. The van der Waals surface area contributed by atoms with Crippen LogP contribution in [0.3, 0.4) is 0 Å². The van der Waals surface area contributed by atoms with Gasteiger partial charge in [0, 0.05) is 25.6 Å². The van der Waals surface area contributed by atoms with Gasteiger partial charge < -0.3 is 23.4 Å². The van der Waals surface area contributed by atoms with Crippen LogP contribution in [0.2, 0.25) is 23.2 Å². The number of aliphatic hydroxyl groups is 1. The first kappa shape index (κ1) is 35.9. The summed E-state index contributed by atoms with van der Waals surface area (Å²) < 4.78 is 26.4. The van der Waals surface area contributed by atoms with Gasteiger partial charge in [0.05, 0.1) is 18.8 Å². The van der Waals surface area contributed by atoms with Gasteiger partial charge in [0.1, 0.15) is 12.2 Å². The number of hydrogen-bond donors (Lipinski definition) is 1. The zero-order valence-corrected chi connectivity index (χ0v) is 30.8. The van der Waals surface area contributed by atoms with Gasteiger partial charge in [-0.25, -0.2) is 0 Å². The molecule has 0 aromatic heterocycles. The topological polar surface area (TPSA) is 60.5 Å². The number of aliphatic hydroxyl groups excluding tert-OH is 1. The Morgan fingerprint density at radius 3 is 1.81 bits per heavy atom. The maximum absolute atomic E-state index is 9.53. The molecule has 1 heterocycles. The van der Waals surface area contributed by atoms with Crippen molar-refractivity contribution in [2.45, 2.75) is 110 Å². The summed E-state index contributed by atoms with van der Waals surface area (Å²) in [7, 11) is -3.06. The lowest BCUT2D eigenvalue weighted by Gasteiger charge is -2.46. The Labute approximate surface area is 264 Å². The summed E-state index contributed by atoms with van der Waals surface area (Å²) in [5.74, 6) is 0.178. The fraction of sp³-hybridized carbons (Fsp3) is 0.611. The number of epoxide rings is 1. The first-order valence-electron chi connectivity index (χ1n) is 15.9. The third-order valence-electron chi connectivity index (χ3n) is 9.72. The van der Waals surface area contributed by atoms with Crippen LogP contribution in [0, 0.1) is 11.8 Å². The molecule has 1 saturated heterocycles. The molecule has 1 aliphatic rings. The smallest absolute Gasteiger partial charge is 0.261 e. The zero-order valence-electron chi connectivity index (χ0n) is 28.8. The molecule has 7 heteroatoms. The molecule has 0 aliphatic carbocycles. The van der Waals surface area contributed by atoms with E-state index in [0.29, 0.717) is 6.61 Å². The van der Waals surface area contributed by atoms with Crippen LogP contribution in [-0.2, 0) is 18.3 Å². The largest absolute Gasteiger partial charge is 0.413 e. The molecular formula is C36H58O5Si2. The second-order valence-corrected chi connectivity index (χ2v) is 24.1. The summed E-state index contributed by atoms with van der Waals surface area (Å²) in [5, 5.41) is 12.1. The lowest BCUT2D eigenvalue weighted by atomic mass is 9.88. The van der Waals surface area contributed by atoms with E-state index in [1.165, 1.54) is 10.4 Å². The van der Waals surface area contributed by atoms with Gasteiger partial charge in [-0.3, -0.25) is 0 Å². The zero-order chi connectivity index (χ0) is 32.2. The van der Waals surface area contributed by atoms with Crippen LogP contribution in [0.1, 0.15) is 62.3 Å². The molecule has 0 radical (unpaired) electrons. The summed E-state index contributed by atoms with van der Waals surface area (Å²) in [5.41, 5.74) is 1.10. The molecule has 1 fully saturated rings. The number of ether oxygens (including phenoxy) is 2. The van der Waals surface area contributed by atoms with Crippen LogP contribution >= 0.6 is 0 Å². The fourth-order valence-corrected chi connectivity index (χ4v) is 12.2. The van der Waals surface area contributed by atoms with E-state index in [4.69, 9.17) is 18.3 Å². The third kappa shape index (κ3) is 8.17. The van der Waals surface area contributed by atoms with Gasteiger partial charge in [-0.05, 0) is 46.0 Å². The summed E-state index contributed by atoms with van der Waals surface area (Å²) in [6.07, 6.45) is 1.78. The van der Waals surface area contributed by atoms with Crippen molar-refractivity contribution in [2.75, 3.05) is 20.3 Å². The van der Waals surface area contributed by atoms with Crippen LogP contribution < -0.4 is 10.4 Å². The molecule has 0 amide bonds.